The number of rotatable bonds is 11. The number of ether oxygens (including phenoxy) is 2. The number of carbonyl (C=O) groups is 3. The SMILES string of the molecule is COC(=O)C(CC(C)C)NC(=S)c1ccccc1-c1ccccc1C(=O)N[C@H](CC(C)C)C(=O)OC. The molecule has 2 rings (SSSR count). The molecule has 2 aromatic carbocycles. The molecule has 0 heterocycles. The maximum absolute atomic E-state index is 13.3. The zero-order chi connectivity index (χ0) is 26.8. The summed E-state index contributed by atoms with van der Waals surface area (Å²) in [4.78, 5) is 38.3. The summed E-state index contributed by atoms with van der Waals surface area (Å²) >= 11 is 5.70. The summed E-state index contributed by atoms with van der Waals surface area (Å²) in [6, 6.07) is 13.2. The fraction of sp³-hybridized carbons (Fsp3) is 0.429. The Bertz CT molecular complexity index is 998. The molecule has 0 saturated heterocycles. The highest BCUT2D eigenvalue weighted by Crippen LogP contribution is 2.28. The Morgan fingerprint density at radius 1 is 0.722 bits per heavy atom. The summed E-state index contributed by atoms with van der Waals surface area (Å²) in [5.74, 6) is -0.829. The molecule has 0 bridgehead atoms. The highest BCUT2D eigenvalue weighted by molar-refractivity contribution is 7.80. The molecule has 2 N–H and O–H groups in total. The largest absolute Gasteiger partial charge is 0.467 e. The van der Waals surface area contributed by atoms with E-state index in [1.165, 1.54) is 14.2 Å². The standard InChI is InChI=1S/C28H36N2O5S/c1-17(2)15-23(27(32)34-5)29-25(31)21-13-9-7-11-19(21)20-12-8-10-14-22(20)26(36)30-24(16-18(3)4)28(33)35-6/h7-14,17-18,23-24H,15-16H2,1-6H3,(H,29,31)(H,30,36)/t23-,24?/m1/s1. The number of methoxy groups -OCH3 is 2. The smallest absolute Gasteiger partial charge is 0.328 e. The van der Waals surface area contributed by atoms with Crippen LogP contribution in [0, 0.1) is 11.8 Å². The average Bonchev–Trinajstić information content (AvgIpc) is 2.86. The number of hydrogen-bond acceptors (Lipinski definition) is 6. The van der Waals surface area contributed by atoms with Gasteiger partial charge in [-0.3, -0.25) is 4.79 Å². The minimum Gasteiger partial charge on any atom is -0.467 e. The summed E-state index contributed by atoms with van der Waals surface area (Å²) in [5.41, 5.74) is 2.46. The fourth-order valence-electron chi connectivity index (χ4n) is 3.96. The summed E-state index contributed by atoms with van der Waals surface area (Å²) in [6.45, 7) is 7.98. The lowest BCUT2D eigenvalue weighted by molar-refractivity contribution is -0.144. The molecule has 0 spiro atoms. The van der Waals surface area contributed by atoms with Gasteiger partial charge in [0.25, 0.3) is 5.91 Å². The van der Waals surface area contributed by atoms with Crippen molar-refractivity contribution in [2.24, 2.45) is 11.8 Å². The van der Waals surface area contributed by atoms with Crippen molar-refractivity contribution in [2.45, 2.75) is 52.6 Å². The normalized spacial score (nSPS) is 12.6. The van der Waals surface area contributed by atoms with E-state index >= 15 is 0 Å². The molecule has 7 nitrogen and oxygen atoms in total. The van der Waals surface area contributed by atoms with Gasteiger partial charge in [-0.15, -0.1) is 0 Å². The fourth-order valence-corrected chi connectivity index (χ4v) is 4.28. The molecule has 36 heavy (non-hydrogen) atoms. The summed E-state index contributed by atoms with van der Waals surface area (Å²) in [7, 11) is 2.66. The van der Waals surface area contributed by atoms with Gasteiger partial charge in [0.15, 0.2) is 0 Å². The Hall–Kier alpha value is -3.26. The van der Waals surface area contributed by atoms with Crippen molar-refractivity contribution in [1.29, 1.82) is 0 Å². The Kier molecular flexibility index (Phi) is 11.0. The molecule has 8 heteroatoms. The maximum Gasteiger partial charge on any atom is 0.328 e. The van der Waals surface area contributed by atoms with E-state index in [0.29, 0.717) is 34.5 Å². The molecule has 0 radical (unpaired) electrons. The van der Waals surface area contributed by atoms with Crippen LogP contribution in [0.5, 0.6) is 0 Å². The van der Waals surface area contributed by atoms with Gasteiger partial charge >= 0.3 is 11.9 Å². The molecule has 1 amide bonds. The Labute approximate surface area is 218 Å². The number of amides is 1. The van der Waals surface area contributed by atoms with Crippen LogP contribution >= 0.6 is 12.2 Å². The van der Waals surface area contributed by atoms with Crippen LogP contribution in [-0.2, 0) is 19.1 Å². The first-order chi connectivity index (χ1) is 17.1. The molecule has 2 aromatic rings. The van der Waals surface area contributed by atoms with Gasteiger partial charge in [0.05, 0.1) is 14.2 Å². The van der Waals surface area contributed by atoms with Crippen LogP contribution in [0.2, 0.25) is 0 Å². The Morgan fingerprint density at radius 2 is 1.14 bits per heavy atom. The lowest BCUT2D eigenvalue weighted by Crippen LogP contribution is -2.42. The predicted molar refractivity (Wildman–Crippen MR) is 145 cm³/mol. The highest BCUT2D eigenvalue weighted by Gasteiger charge is 2.26. The monoisotopic (exact) mass is 512 g/mol. The number of nitrogens with one attached hydrogen (secondary N) is 2. The van der Waals surface area contributed by atoms with Crippen LogP contribution in [0.1, 0.15) is 56.5 Å². The molecule has 2 atom stereocenters. The van der Waals surface area contributed by atoms with E-state index in [0.717, 1.165) is 5.56 Å². The summed E-state index contributed by atoms with van der Waals surface area (Å²) < 4.78 is 9.85. The molecule has 0 saturated carbocycles. The number of esters is 2. The van der Waals surface area contributed by atoms with E-state index in [1.807, 2.05) is 64.1 Å². The second-order valence-corrected chi connectivity index (χ2v) is 9.86. The minimum absolute atomic E-state index is 0.183. The van der Waals surface area contributed by atoms with Crippen molar-refractivity contribution in [1.82, 2.24) is 10.6 Å². The topological polar surface area (TPSA) is 93.7 Å². The minimum atomic E-state index is -0.759. The van der Waals surface area contributed by atoms with Crippen LogP contribution in [0.25, 0.3) is 11.1 Å². The number of hydrogen-bond donors (Lipinski definition) is 2. The maximum atomic E-state index is 13.3. The second-order valence-electron chi connectivity index (χ2n) is 9.45. The van der Waals surface area contributed by atoms with Gasteiger partial charge in [0.1, 0.15) is 17.1 Å². The first kappa shape index (κ1) is 29.0. The van der Waals surface area contributed by atoms with Crippen molar-refractivity contribution >= 4 is 35.1 Å². The van der Waals surface area contributed by atoms with Crippen LogP contribution in [-0.4, -0.2) is 49.1 Å². The van der Waals surface area contributed by atoms with Crippen LogP contribution in [0.4, 0.5) is 0 Å². The van der Waals surface area contributed by atoms with Crippen molar-refractivity contribution < 1.29 is 23.9 Å². The van der Waals surface area contributed by atoms with Gasteiger partial charge in [-0.2, -0.15) is 0 Å². The third-order valence-corrected chi connectivity index (χ3v) is 5.97. The van der Waals surface area contributed by atoms with Crippen molar-refractivity contribution in [3.8, 4) is 11.1 Å². The van der Waals surface area contributed by atoms with Crippen LogP contribution < -0.4 is 10.6 Å². The first-order valence-electron chi connectivity index (χ1n) is 12.0. The van der Waals surface area contributed by atoms with E-state index in [1.54, 1.807) is 12.1 Å². The van der Waals surface area contributed by atoms with Crippen molar-refractivity contribution in [3.05, 3.63) is 59.7 Å². The third kappa shape index (κ3) is 7.88. The van der Waals surface area contributed by atoms with Crippen molar-refractivity contribution in [2.75, 3.05) is 14.2 Å². The van der Waals surface area contributed by atoms with E-state index < -0.39 is 18.1 Å². The molecule has 194 valence electrons. The van der Waals surface area contributed by atoms with E-state index in [2.05, 4.69) is 10.6 Å². The molecule has 0 aromatic heterocycles. The van der Waals surface area contributed by atoms with Gasteiger partial charge in [-0.1, -0.05) is 82.4 Å². The van der Waals surface area contributed by atoms with Gasteiger partial charge in [-0.05, 0) is 41.9 Å². The van der Waals surface area contributed by atoms with Gasteiger partial charge in [0.2, 0.25) is 0 Å². The quantitative estimate of drug-likeness (QED) is 0.338. The van der Waals surface area contributed by atoms with E-state index in [9.17, 15) is 14.4 Å². The average molecular weight is 513 g/mol. The van der Waals surface area contributed by atoms with Gasteiger partial charge in [-0.25, -0.2) is 9.59 Å². The highest BCUT2D eigenvalue weighted by atomic mass is 32.1. The van der Waals surface area contributed by atoms with Gasteiger partial charge in [0, 0.05) is 11.1 Å². The molecule has 0 fully saturated rings. The Balaban J connectivity index is 2.43. The molecular formula is C28H36N2O5S. The molecule has 0 aliphatic carbocycles. The lowest BCUT2D eigenvalue weighted by Gasteiger charge is -2.22. The zero-order valence-corrected chi connectivity index (χ0v) is 22.6. The Morgan fingerprint density at radius 3 is 1.61 bits per heavy atom. The number of thiocarbonyl (C=S) groups is 1. The van der Waals surface area contributed by atoms with E-state index in [-0.39, 0.29) is 23.7 Å². The first-order valence-corrected chi connectivity index (χ1v) is 12.5. The molecule has 0 aliphatic rings. The summed E-state index contributed by atoms with van der Waals surface area (Å²) in [5, 5.41) is 5.97. The van der Waals surface area contributed by atoms with Crippen LogP contribution in [0.3, 0.4) is 0 Å². The zero-order valence-electron chi connectivity index (χ0n) is 21.8. The van der Waals surface area contributed by atoms with Gasteiger partial charge < -0.3 is 20.1 Å². The molecule has 1 unspecified atom stereocenters. The third-order valence-electron chi connectivity index (χ3n) is 5.63. The predicted octanol–water partition coefficient (Wildman–Crippen LogP) is 4.52. The van der Waals surface area contributed by atoms with Crippen molar-refractivity contribution in [3.63, 3.8) is 0 Å². The van der Waals surface area contributed by atoms with E-state index in [4.69, 9.17) is 21.7 Å². The molecule has 0 aliphatic heterocycles. The molecular weight excluding hydrogens is 476 g/mol. The van der Waals surface area contributed by atoms with Crippen LogP contribution in [0.15, 0.2) is 48.5 Å². The second kappa shape index (κ2) is 13.7. The number of benzene rings is 2. The summed E-state index contributed by atoms with van der Waals surface area (Å²) in [6.07, 6.45) is 1.01. The number of carbonyl (C=O) groups excluding carboxylic acids is 3. The lowest BCUT2D eigenvalue weighted by atomic mass is 9.94.